The van der Waals surface area contributed by atoms with Gasteiger partial charge in [-0.2, -0.15) is 0 Å². The standard InChI is InChI=1S/C21H22N2O5/c1-14-2-5-18(21(25)26)13-22(14)20(24)12-15-3-6-16(7-4-15)17-8-10-19(11-9-17)23(27)28/h3-4,6-11,14,18H,2,5,12-13H2,1H3,(H,25,26)/t14-,18+/m0/s1. The van der Waals surface area contributed by atoms with Crippen molar-refractivity contribution >= 4 is 17.6 Å². The third-order valence-corrected chi connectivity index (χ3v) is 5.27. The fraction of sp³-hybridized carbons (Fsp3) is 0.333. The first-order valence-electron chi connectivity index (χ1n) is 9.21. The molecule has 1 N–H and O–H groups in total. The molecule has 0 aromatic heterocycles. The molecule has 1 saturated heterocycles. The maximum Gasteiger partial charge on any atom is 0.308 e. The van der Waals surface area contributed by atoms with Crippen molar-refractivity contribution in [3.05, 3.63) is 64.2 Å². The summed E-state index contributed by atoms with van der Waals surface area (Å²) in [5.41, 5.74) is 2.66. The predicted octanol–water partition coefficient (Wildman–Crippen LogP) is 3.52. The summed E-state index contributed by atoms with van der Waals surface area (Å²) in [6, 6.07) is 13.8. The lowest BCUT2D eigenvalue weighted by Gasteiger charge is -2.36. The van der Waals surface area contributed by atoms with Crippen LogP contribution in [-0.4, -0.2) is 39.4 Å². The van der Waals surface area contributed by atoms with Crippen molar-refractivity contribution in [1.82, 2.24) is 4.90 Å². The lowest BCUT2D eigenvalue weighted by molar-refractivity contribution is -0.384. The second kappa shape index (κ2) is 8.21. The molecule has 0 aliphatic carbocycles. The van der Waals surface area contributed by atoms with Crippen LogP contribution in [0.15, 0.2) is 48.5 Å². The van der Waals surface area contributed by atoms with E-state index in [0.29, 0.717) is 12.8 Å². The average Bonchev–Trinajstić information content (AvgIpc) is 2.68. The van der Waals surface area contributed by atoms with Crippen LogP contribution in [0.5, 0.6) is 0 Å². The maximum absolute atomic E-state index is 12.7. The number of nitrogens with zero attached hydrogens (tertiary/aromatic N) is 2. The van der Waals surface area contributed by atoms with Gasteiger partial charge in [-0.15, -0.1) is 0 Å². The Morgan fingerprint density at radius 3 is 2.18 bits per heavy atom. The highest BCUT2D eigenvalue weighted by molar-refractivity contribution is 5.80. The van der Waals surface area contributed by atoms with Gasteiger partial charge in [0.15, 0.2) is 0 Å². The van der Waals surface area contributed by atoms with Crippen LogP contribution in [-0.2, 0) is 16.0 Å². The van der Waals surface area contributed by atoms with E-state index in [9.17, 15) is 24.8 Å². The van der Waals surface area contributed by atoms with Crippen molar-refractivity contribution in [3.8, 4) is 11.1 Å². The summed E-state index contributed by atoms with van der Waals surface area (Å²) >= 11 is 0. The Kier molecular flexibility index (Phi) is 5.73. The number of hydrogen-bond donors (Lipinski definition) is 1. The quantitative estimate of drug-likeness (QED) is 0.630. The number of non-ortho nitro benzene ring substituents is 1. The molecule has 1 amide bonds. The number of carbonyl (C=O) groups excluding carboxylic acids is 1. The van der Waals surface area contributed by atoms with Crippen LogP contribution >= 0.6 is 0 Å². The topological polar surface area (TPSA) is 101 Å². The average molecular weight is 382 g/mol. The van der Waals surface area contributed by atoms with Crippen molar-refractivity contribution in [2.75, 3.05) is 6.54 Å². The maximum atomic E-state index is 12.7. The van der Waals surface area contributed by atoms with Crippen LogP contribution < -0.4 is 0 Å². The number of amides is 1. The Morgan fingerprint density at radius 1 is 1.07 bits per heavy atom. The SMILES string of the molecule is C[C@H]1CC[C@@H](C(=O)O)CN1C(=O)Cc1ccc(-c2ccc([N+](=O)[O-])cc2)cc1. The number of piperidine rings is 1. The molecule has 2 atom stereocenters. The number of hydrogen-bond acceptors (Lipinski definition) is 4. The van der Waals surface area contributed by atoms with Gasteiger partial charge in [-0.1, -0.05) is 24.3 Å². The van der Waals surface area contributed by atoms with Gasteiger partial charge < -0.3 is 10.0 Å². The van der Waals surface area contributed by atoms with E-state index in [4.69, 9.17) is 0 Å². The molecule has 2 aromatic rings. The van der Waals surface area contributed by atoms with Gasteiger partial charge in [0, 0.05) is 24.7 Å². The molecule has 1 heterocycles. The Morgan fingerprint density at radius 2 is 1.64 bits per heavy atom. The fourth-order valence-corrected chi connectivity index (χ4v) is 3.52. The van der Waals surface area contributed by atoms with Gasteiger partial charge in [-0.25, -0.2) is 0 Å². The number of carbonyl (C=O) groups is 2. The van der Waals surface area contributed by atoms with Crippen LogP contribution in [0.1, 0.15) is 25.3 Å². The van der Waals surface area contributed by atoms with E-state index in [1.165, 1.54) is 12.1 Å². The number of nitro benzene ring substituents is 1. The number of nitro groups is 1. The van der Waals surface area contributed by atoms with Crippen molar-refractivity contribution in [2.24, 2.45) is 5.92 Å². The summed E-state index contributed by atoms with van der Waals surface area (Å²) in [6.45, 7) is 2.21. The van der Waals surface area contributed by atoms with Gasteiger partial charge in [0.05, 0.1) is 17.3 Å². The Bertz CT molecular complexity index is 877. The monoisotopic (exact) mass is 382 g/mol. The first-order valence-corrected chi connectivity index (χ1v) is 9.21. The van der Waals surface area contributed by atoms with E-state index < -0.39 is 16.8 Å². The molecule has 0 saturated carbocycles. The Labute approximate surface area is 162 Å². The minimum Gasteiger partial charge on any atom is -0.481 e. The molecule has 7 nitrogen and oxygen atoms in total. The zero-order chi connectivity index (χ0) is 20.3. The second-order valence-electron chi connectivity index (χ2n) is 7.19. The van der Waals surface area contributed by atoms with Gasteiger partial charge in [0.1, 0.15) is 0 Å². The largest absolute Gasteiger partial charge is 0.481 e. The van der Waals surface area contributed by atoms with Crippen LogP contribution in [0.3, 0.4) is 0 Å². The number of carboxylic acid groups (broad SMARTS) is 1. The molecule has 146 valence electrons. The summed E-state index contributed by atoms with van der Waals surface area (Å²) < 4.78 is 0. The lowest BCUT2D eigenvalue weighted by Crippen LogP contribution is -2.47. The van der Waals surface area contributed by atoms with Gasteiger partial charge in [0.2, 0.25) is 5.91 Å². The zero-order valence-corrected chi connectivity index (χ0v) is 15.6. The van der Waals surface area contributed by atoms with E-state index in [1.807, 2.05) is 31.2 Å². The predicted molar refractivity (Wildman–Crippen MR) is 104 cm³/mol. The van der Waals surface area contributed by atoms with E-state index in [-0.39, 0.29) is 30.6 Å². The molecule has 1 fully saturated rings. The Hall–Kier alpha value is -3.22. The molecular formula is C21H22N2O5. The number of carboxylic acids is 1. The molecule has 7 heteroatoms. The van der Waals surface area contributed by atoms with Crippen molar-refractivity contribution < 1.29 is 19.6 Å². The molecular weight excluding hydrogens is 360 g/mol. The summed E-state index contributed by atoms with van der Waals surface area (Å²) in [5, 5.41) is 20.0. The van der Waals surface area contributed by atoms with E-state index in [1.54, 1.807) is 17.0 Å². The smallest absolute Gasteiger partial charge is 0.308 e. The molecule has 3 rings (SSSR count). The van der Waals surface area contributed by atoms with E-state index in [0.717, 1.165) is 16.7 Å². The van der Waals surface area contributed by atoms with E-state index >= 15 is 0 Å². The molecule has 0 bridgehead atoms. The highest BCUT2D eigenvalue weighted by Crippen LogP contribution is 2.25. The lowest BCUT2D eigenvalue weighted by atomic mass is 9.93. The number of benzene rings is 2. The molecule has 28 heavy (non-hydrogen) atoms. The van der Waals surface area contributed by atoms with Crippen LogP contribution in [0.4, 0.5) is 5.69 Å². The van der Waals surface area contributed by atoms with Crippen molar-refractivity contribution in [2.45, 2.75) is 32.2 Å². The van der Waals surface area contributed by atoms with Gasteiger partial charge in [-0.05, 0) is 48.6 Å². The third-order valence-electron chi connectivity index (χ3n) is 5.27. The molecule has 1 aliphatic rings. The number of rotatable bonds is 5. The molecule has 0 spiro atoms. The zero-order valence-electron chi connectivity index (χ0n) is 15.6. The first kappa shape index (κ1) is 19.5. The summed E-state index contributed by atoms with van der Waals surface area (Å²) in [5.74, 6) is -1.41. The second-order valence-corrected chi connectivity index (χ2v) is 7.19. The minimum atomic E-state index is -0.850. The van der Waals surface area contributed by atoms with E-state index in [2.05, 4.69) is 0 Å². The third kappa shape index (κ3) is 4.36. The van der Waals surface area contributed by atoms with Gasteiger partial charge in [0.25, 0.3) is 5.69 Å². The summed E-state index contributed by atoms with van der Waals surface area (Å²) in [6.07, 6.45) is 1.52. The highest BCUT2D eigenvalue weighted by atomic mass is 16.6. The molecule has 0 unspecified atom stereocenters. The van der Waals surface area contributed by atoms with Crippen LogP contribution in [0.2, 0.25) is 0 Å². The van der Waals surface area contributed by atoms with Crippen LogP contribution in [0.25, 0.3) is 11.1 Å². The van der Waals surface area contributed by atoms with Crippen molar-refractivity contribution in [1.29, 1.82) is 0 Å². The summed E-state index contributed by atoms with van der Waals surface area (Å²) in [7, 11) is 0. The Balaban J connectivity index is 1.67. The van der Waals surface area contributed by atoms with Crippen LogP contribution in [0, 0.1) is 16.0 Å². The normalized spacial score (nSPS) is 19.2. The number of likely N-dealkylation sites (tertiary alicyclic amines) is 1. The molecule has 0 radical (unpaired) electrons. The summed E-state index contributed by atoms with van der Waals surface area (Å²) in [4.78, 5) is 35.9. The van der Waals surface area contributed by atoms with Crippen molar-refractivity contribution in [3.63, 3.8) is 0 Å². The fourth-order valence-electron chi connectivity index (χ4n) is 3.52. The molecule has 1 aliphatic heterocycles. The minimum absolute atomic E-state index is 0.0429. The van der Waals surface area contributed by atoms with Gasteiger partial charge in [-0.3, -0.25) is 19.7 Å². The first-order chi connectivity index (χ1) is 13.3. The molecule has 2 aromatic carbocycles. The van der Waals surface area contributed by atoms with Gasteiger partial charge >= 0.3 is 5.97 Å². The highest BCUT2D eigenvalue weighted by Gasteiger charge is 2.32. The number of aliphatic carboxylic acids is 1.